The molecule has 0 fully saturated rings. The minimum atomic E-state index is -0.731. The fourth-order valence-electron chi connectivity index (χ4n) is 2.75. The van der Waals surface area contributed by atoms with Gasteiger partial charge in [0.2, 0.25) is 0 Å². The Bertz CT molecular complexity index is 732. The van der Waals surface area contributed by atoms with E-state index in [2.05, 4.69) is 12.2 Å². The highest BCUT2D eigenvalue weighted by atomic mass is 32.2. The van der Waals surface area contributed by atoms with Crippen molar-refractivity contribution in [2.24, 2.45) is 0 Å². The molecule has 2 aromatic rings. The molecule has 0 bridgehead atoms. The van der Waals surface area contributed by atoms with Gasteiger partial charge in [0, 0.05) is 17.9 Å². The number of ether oxygens (including phenoxy) is 1. The Morgan fingerprint density at radius 2 is 2.17 bits per heavy atom. The Morgan fingerprint density at radius 1 is 1.33 bits per heavy atom. The SMILES string of the molecule is CCSc1ccccc1C(=O)NC[C@@H](O)c1ccc2c(c1)CCO2. The Labute approximate surface area is 146 Å². The zero-order valence-electron chi connectivity index (χ0n) is 13.6. The van der Waals surface area contributed by atoms with Crippen LogP contribution in [0.2, 0.25) is 0 Å². The molecule has 4 nitrogen and oxygen atoms in total. The van der Waals surface area contributed by atoms with Crippen molar-refractivity contribution in [2.45, 2.75) is 24.3 Å². The fourth-order valence-corrected chi connectivity index (χ4v) is 3.55. The lowest BCUT2D eigenvalue weighted by molar-refractivity contribution is 0.0913. The summed E-state index contributed by atoms with van der Waals surface area (Å²) in [6.07, 6.45) is 0.134. The quantitative estimate of drug-likeness (QED) is 0.791. The first-order valence-electron chi connectivity index (χ1n) is 8.12. The number of fused-ring (bicyclic) bond motifs is 1. The number of thioether (sulfide) groups is 1. The molecule has 2 aromatic carbocycles. The van der Waals surface area contributed by atoms with E-state index in [9.17, 15) is 9.90 Å². The first-order chi connectivity index (χ1) is 11.7. The molecule has 1 amide bonds. The topological polar surface area (TPSA) is 58.6 Å². The molecule has 0 aliphatic carbocycles. The van der Waals surface area contributed by atoms with Gasteiger partial charge in [0.1, 0.15) is 5.75 Å². The van der Waals surface area contributed by atoms with E-state index in [4.69, 9.17) is 4.74 Å². The molecule has 0 saturated carbocycles. The van der Waals surface area contributed by atoms with E-state index < -0.39 is 6.10 Å². The number of hydrogen-bond acceptors (Lipinski definition) is 4. The number of benzene rings is 2. The van der Waals surface area contributed by atoms with Crippen molar-refractivity contribution in [3.8, 4) is 5.75 Å². The molecule has 0 radical (unpaired) electrons. The van der Waals surface area contributed by atoms with Gasteiger partial charge < -0.3 is 15.2 Å². The van der Waals surface area contributed by atoms with E-state index >= 15 is 0 Å². The van der Waals surface area contributed by atoms with E-state index in [0.717, 1.165) is 33.9 Å². The maximum Gasteiger partial charge on any atom is 0.252 e. The predicted molar refractivity (Wildman–Crippen MR) is 95.8 cm³/mol. The first-order valence-corrected chi connectivity index (χ1v) is 9.11. The van der Waals surface area contributed by atoms with Crippen molar-refractivity contribution in [3.05, 3.63) is 59.2 Å². The lowest BCUT2D eigenvalue weighted by Crippen LogP contribution is -2.28. The van der Waals surface area contributed by atoms with E-state index in [-0.39, 0.29) is 12.5 Å². The smallest absolute Gasteiger partial charge is 0.252 e. The number of rotatable bonds is 6. The van der Waals surface area contributed by atoms with Crippen molar-refractivity contribution < 1.29 is 14.6 Å². The van der Waals surface area contributed by atoms with Crippen molar-refractivity contribution in [1.82, 2.24) is 5.32 Å². The second kappa shape index (κ2) is 7.73. The molecular formula is C19H21NO3S. The van der Waals surface area contributed by atoms with Crippen LogP contribution in [0.4, 0.5) is 0 Å². The van der Waals surface area contributed by atoms with Gasteiger partial charge >= 0.3 is 0 Å². The average molecular weight is 343 g/mol. The highest BCUT2D eigenvalue weighted by molar-refractivity contribution is 7.99. The van der Waals surface area contributed by atoms with Gasteiger partial charge in [-0.05, 0) is 41.1 Å². The summed E-state index contributed by atoms with van der Waals surface area (Å²) in [6.45, 7) is 2.93. The van der Waals surface area contributed by atoms with Crippen molar-refractivity contribution in [2.75, 3.05) is 18.9 Å². The van der Waals surface area contributed by atoms with Crippen LogP contribution in [0.15, 0.2) is 47.4 Å². The molecule has 0 spiro atoms. The molecule has 0 aromatic heterocycles. The number of hydrogen-bond donors (Lipinski definition) is 2. The van der Waals surface area contributed by atoms with Crippen LogP contribution in [0.3, 0.4) is 0 Å². The summed E-state index contributed by atoms with van der Waals surface area (Å²) in [4.78, 5) is 13.4. The normalized spacial score (nSPS) is 13.9. The molecular weight excluding hydrogens is 322 g/mol. The van der Waals surface area contributed by atoms with E-state index in [1.165, 1.54) is 0 Å². The monoisotopic (exact) mass is 343 g/mol. The highest BCUT2D eigenvalue weighted by Gasteiger charge is 2.17. The molecule has 1 atom stereocenters. The maximum absolute atomic E-state index is 12.4. The summed E-state index contributed by atoms with van der Waals surface area (Å²) in [5.41, 5.74) is 2.57. The van der Waals surface area contributed by atoms with Crippen molar-refractivity contribution >= 4 is 17.7 Å². The molecule has 0 unspecified atom stereocenters. The molecule has 3 rings (SSSR count). The molecule has 5 heteroatoms. The zero-order chi connectivity index (χ0) is 16.9. The fraction of sp³-hybridized carbons (Fsp3) is 0.316. The van der Waals surface area contributed by atoms with Crippen LogP contribution >= 0.6 is 11.8 Å². The Morgan fingerprint density at radius 3 is 3.00 bits per heavy atom. The highest BCUT2D eigenvalue weighted by Crippen LogP contribution is 2.28. The van der Waals surface area contributed by atoms with Gasteiger partial charge in [-0.1, -0.05) is 25.1 Å². The first kappa shape index (κ1) is 16.9. The van der Waals surface area contributed by atoms with Gasteiger partial charge in [-0.25, -0.2) is 0 Å². The molecule has 2 N–H and O–H groups in total. The summed E-state index contributed by atoms with van der Waals surface area (Å²) in [6, 6.07) is 13.2. The lowest BCUT2D eigenvalue weighted by atomic mass is 10.0. The van der Waals surface area contributed by atoms with Crippen LogP contribution in [0.5, 0.6) is 5.75 Å². The van der Waals surface area contributed by atoms with E-state index in [1.807, 2.05) is 42.5 Å². The minimum absolute atomic E-state index is 0.157. The standard InChI is InChI=1S/C19H21NO3S/c1-2-24-18-6-4-3-5-15(18)19(22)20-12-16(21)13-7-8-17-14(11-13)9-10-23-17/h3-8,11,16,21H,2,9-10,12H2,1H3,(H,20,22)/t16-/m1/s1. The second-order valence-corrected chi connectivity index (χ2v) is 6.93. The maximum atomic E-state index is 12.4. The summed E-state index contributed by atoms with van der Waals surface area (Å²) >= 11 is 1.64. The van der Waals surface area contributed by atoms with E-state index in [0.29, 0.717) is 12.2 Å². The van der Waals surface area contributed by atoms with Gasteiger partial charge in [-0.3, -0.25) is 4.79 Å². The van der Waals surface area contributed by atoms with Gasteiger partial charge in [0.15, 0.2) is 0 Å². The van der Waals surface area contributed by atoms with Crippen LogP contribution < -0.4 is 10.1 Å². The molecule has 1 aliphatic heterocycles. The number of amides is 1. The third-order valence-electron chi connectivity index (χ3n) is 3.99. The van der Waals surface area contributed by atoms with Crippen molar-refractivity contribution in [1.29, 1.82) is 0 Å². The predicted octanol–water partition coefficient (Wildman–Crippen LogP) is 3.20. The van der Waals surface area contributed by atoms with Crippen LogP contribution in [-0.2, 0) is 6.42 Å². The third-order valence-corrected chi connectivity index (χ3v) is 4.94. The molecule has 1 heterocycles. The number of carbonyl (C=O) groups is 1. The van der Waals surface area contributed by atoms with Gasteiger partial charge in [0.25, 0.3) is 5.91 Å². The van der Waals surface area contributed by atoms with Gasteiger partial charge in [-0.2, -0.15) is 0 Å². The second-order valence-electron chi connectivity index (χ2n) is 5.62. The Balaban J connectivity index is 1.64. The summed E-state index contributed by atoms with van der Waals surface area (Å²) < 4.78 is 5.47. The Kier molecular flexibility index (Phi) is 5.43. The summed E-state index contributed by atoms with van der Waals surface area (Å²) in [5.74, 6) is 1.64. The number of carbonyl (C=O) groups excluding carboxylic acids is 1. The average Bonchev–Trinajstić information content (AvgIpc) is 3.08. The Hall–Kier alpha value is -1.98. The molecule has 24 heavy (non-hydrogen) atoms. The minimum Gasteiger partial charge on any atom is -0.493 e. The van der Waals surface area contributed by atoms with Gasteiger partial charge in [0.05, 0.1) is 18.3 Å². The molecule has 0 saturated heterocycles. The van der Waals surface area contributed by atoms with E-state index in [1.54, 1.807) is 11.8 Å². The molecule has 126 valence electrons. The van der Waals surface area contributed by atoms with Crippen LogP contribution in [0, 0.1) is 0 Å². The third kappa shape index (κ3) is 3.74. The summed E-state index contributed by atoms with van der Waals surface area (Å²) in [5, 5.41) is 13.2. The number of nitrogens with one attached hydrogen (secondary N) is 1. The van der Waals surface area contributed by atoms with Crippen molar-refractivity contribution in [3.63, 3.8) is 0 Å². The summed E-state index contributed by atoms with van der Waals surface area (Å²) in [7, 11) is 0. The molecule has 1 aliphatic rings. The van der Waals surface area contributed by atoms with Gasteiger partial charge in [-0.15, -0.1) is 11.8 Å². The van der Waals surface area contributed by atoms with Crippen LogP contribution in [0.1, 0.15) is 34.5 Å². The number of aliphatic hydroxyl groups excluding tert-OH is 1. The lowest BCUT2D eigenvalue weighted by Gasteiger charge is -2.14. The number of aliphatic hydroxyl groups is 1. The largest absolute Gasteiger partial charge is 0.493 e. The van der Waals surface area contributed by atoms with Crippen LogP contribution in [-0.4, -0.2) is 29.9 Å². The van der Waals surface area contributed by atoms with Crippen LogP contribution in [0.25, 0.3) is 0 Å². The zero-order valence-corrected chi connectivity index (χ0v) is 14.4.